The Kier molecular flexibility index (Phi) is 5.90. The molecule has 8 nitrogen and oxygen atoms in total. The van der Waals surface area contributed by atoms with E-state index >= 15 is 0 Å². The first-order valence-electron chi connectivity index (χ1n) is 9.06. The van der Waals surface area contributed by atoms with Crippen molar-refractivity contribution in [3.05, 3.63) is 48.0 Å². The first kappa shape index (κ1) is 20.8. The first-order valence-corrected chi connectivity index (χ1v) is 10.5. The van der Waals surface area contributed by atoms with E-state index in [1.165, 1.54) is 39.4 Å². The maximum absolute atomic E-state index is 12.8. The van der Waals surface area contributed by atoms with Crippen LogP contribution in [0.4, 0.5) is 11.4 Å². The number of carbonyl (C=O) groups excluding carboxylic acids is 2. The Morgan fingerprint density at radius 2 is 1.93 bits per heavy atom. The second-order valence-corrected chi connectivity index (χ2v) is 8.95. The van der Waals surface area contributed by atoms with E-state index in [0.717, 1.165) is 10.7 Å². The molecule has 0 atom stereocenters. The van der Waals surface area contributed by atoms with Crippen LogP contribution >= 0.6 is 0 Å². The van der Waals surface area contributed by atoms with Crippen molar-refractivity contribution in [3.63, 3.8) is 0 Å². The van der Waals surface area contributed by atoms with Gasteiger partial charge in [0, 0.05) is 38.3 Å². The Balaban J connectivity index is 1.90. The number of carbonyl (C=O) groups is 2. The highest BCUT2D eigenvalue weighted by molar-refractivity contribution is 7.89. The number of anilines is 2. The number of hydrogen-bond acceptors (Lipinski definition) is 5. The quantitative estimate of drug-likeness (QED) is 0.778. The van der Waals surface area contributed by atoms with Gasteiger partial charge in [0.2, 0.25) is 15.9 Å². The number of benzene rings is 2. The highest BCUT2D eigenvalue weighted by Crippen LogP contribution is 2.29. The van der Waals surface area contributed by atoms with Crippen LogP contribution in [0.1, 0.15) is 23.2 Å². The molecule has 1 aliphatic rings. The second kappa shape index (κ2) is 8.22. The van der Waals surface area contributed by atoms with Crippen LogP contribution in [0.3, 0.4) is 0 Å². The van der Waals surface area contributed by atoms with Gasteiger partial charge < -0.3 is 15.0 Å². The number of amides is 2. The van der Waals surface area contributed by atoms with Crippen LogP contribution in [0.5, 0.6) is 5.75 Å². The van der Waals surface area contributed by atoms with E-state index in [-0.39, 0.29) is 16.5 Å². The number of methoxy groups -OCH3 is 1. The molecule has 0 aromatic heterocycles. The Hall–Kier alpha value is -2.91. The number of nitrogens with zero attached hydrogens (tertiary/aromatic N) is 2. The molecule has 1 saturated heterocycles. The van der Waals surface area contributed by atoms with Crippen molar-refractivity contribution in [2.24, 2.45) is 0 Å². The molecule has 0 unspecified atom stereocenters. The molecule has 9 heteroatoms. The van der Waals surface area contributed by atoms with Crippen molar-refractivity contribution in [2.75, 3.05) is 38.0 Å². The second-order valence-electron chi connectivity index (χ2n) is 6.80. The van der Waals surface area contributed by atoms with Gasteiger partial charge in [0.15, 0.2) is 0 Å². The average molecular weight is 417 g/mol. The van der Waals surface area contributed by atoms with Crippen LogP contribution in [0, 0.1) is 0 Å². The lowest BCUT2D eigenvalue weighted by atomic mass is 10.1. The summed E-state index contributed by atoms with van der Waals surface area (Å²) in [7, 11) is 0.636. The summed E-state index contributed by atoms with van der Waals surface area (Å²) in [5.74, 6) is -0.0658. The maximum atomic E-state index is 12.8. The predicted octanol–water partition coefficient (Wildman–Crippen LogP) is 2.32. The third-order valence-electron chi connectivity index (χ3n) is 4.69. The van der Waals surface area contributed by atoms with Crippen molar-refractivity contribution < 1.29 is 22.7 Å². The molecule has 1 aliphatic heterocycles. The van der Waals surface area contributed by atoms with Gasteiger partial charge in [-0.25, -0.2) is 12.7 Å². The lowest BCUT2D eigenvalue weighted by Gasteiger charge is -2.17. The van der Waals surface area contributed by atoms with E-state index in [2.05, 4.69) is 5.32 Å². The van der Waals surface area contributed by atoms with Gasteiger partial charge in [0.25, 0.3) is 5.91 Å². The van der Waals surface area contributed by atoms with Crippen LogP contribution in [-0.4, -0.2) is 52.3 Å². The number of hydrogen-bond donors (Lipinski definition) is 1. The molecule has 1 heterocycles. The molecule has 1 N–H and O–H groups in total. The molecule has 0 radical (unpaired) electrons. The Labute approximate surface area is 170 Å². The van der Waals surface area contributed by atoms with Crippen molar-refractivity contribution >= 4 is 33.2 Å². The molecule has 154 valence electrons. The first-order chi connectivity index (χ1) is 13.7. The summed E-state index contributed by atoms with van der Waals surface area (Å²) in [4.78, 5) is 26.5. The minimum atomic E-state index is -3.67. The van der Waals surface area contributed by atoms with Crippen molar-refractivity contribution in [2.45, 2.75) is 17.7 Å². The fourth-order valence-electron chi connectivity index (χ4n) is 3.09. The van der Waals surface area contributed by atoms with E-state index in [4.69, 9.17) is 4.74 Å². The van der Waals surface area contributed by atoms with Gasteiger partial charge in [-0.2, -0.15) is 0 Å². The van der Waals surface area contributed by atoms with Crippen LogP contribution in [0.2, 0.25) is 0 Å². The van der Waals surface area contributed by atoms with E-state index in [1.54, 1.807) is 29.2 Å². The number of sulfonamides is 1. The molecular formula is C20H23N3O5S. The monoisotopic (exact) mass is 417 g/mol. The Bertz CT molecular complexity index is 1050. The summed E-state index contributed by atoms with van der Waals surface area (Å²) in [6, 6.07) is 11.0. The van der Waals surface area contributed by atoms with Gasteiger partial charge in [-0.1, -0.05) is 6.07 Å². The van der Waals surface area contributed by atoms with E-state index < -0.39 is 15.9 Å². The summed E-state index contributed by atoms with van der Waals surface area (Å²) in [5.41, 5.74) is 1.25. The van der Waals surface area contributed by atoms with Gasteiger partial charge in [0.05, 0.1) is 17.7 Å². The van der Waals surface area contributed by atoms with Crippen molar-refractivity contribution in [1.82, 2.24) is 4.31 Å². The fourth-order valence-corrected chi connectivity index (χ4v) is 4.02. The van der Waals surface area contributed by atoms with Crippen molar-refractivity contribution in [3.8, 4) is 5.75 Å². The van der Waals surface area contributed by atoms with E-state index in [9.17, 15) is 18.0 Å². The van der Waals surface area contributed by atoms with E-state index in [0.29, 0.717) is 30.0 Å². The van der Waals surface area contributed by atoms with Gasteiger partial charge in [-0.05, 0) is 42.8 Å². The number of nitrogens with one attached hydrogen (secondary N) is 1. The molecule has 29 heavy (non-hydrogen) atoms. The third kappa shape index (κ3) is 4.25. The Morgan fingerprint density at radius 3 is 2.55 bits per heavy atom. The minimum Gasteiger partial charge on any atom is -0.495 e. The molecule has 3 rings (SSSR count). The summed E-state index contributed by atoms with van der Waals surface area (Å²) in [5, 5.41) is 2.71. The molecule has 0 aliphatic carbocycles. The topological polar surface area (TPSA) is 96.0 Å². The SMILES string of the molecule is COc1ccc(S(=O)(=O)N(C)C)cc1NC(=O)c1cccc(N2CCCC2=O)c1. The molecule has 1 fully saturated rings. The lowest BCUT2D eigenvalue weighted by Crippen LogP contribution is -2.24. The zero-order valence-corrected chi connectivity index (χ0v) is 17.3. The molecule has 0 spiro atoms. The van der Waals surface area contributed by atoms with Crippen LogP contribution in [0.25, 0.3) is 0 Å². The lowest BCUT2D eigenvalue weighted by molar-refractivity contribution is -0.117. The summed E-state index contributed by atoms with van der Waals surface area (Å²) >= 11 is 0. The van der Waals surface area contributed by atoms with Gasteiger partial charge >= 0.3 is 0 Å². The molecule has 2 amide bonds. The van der Waals surface area contributed by atoms with E-state index in [1.807, 2.05) is 0 Å². The molecule has 0 bridgehead atoms. The standard InChI is InChI=1S/C20H23N3O5S/c1-22(2)29(26,27)16-9-10-18(28-3)17(13-16)21-20(25)14-6-4-7-15(12-14)23-11-5-8-19(23)24/h4,6-7,9-10,12-13H,5,8,11H2,1-3H3,(H,21,25). The molecule has 2 aromatic carbocycles. The minimum absolute atomic E-state index is 0.0332. The third-order valence-corrected chi connectivity index (χ3v) is 6.50. The molecule has 2 aromatic rings. The molecular weight excluding hydrogens is 394 g/mol. The van der Waals surface area contributed by atoms with Crippen LogP contribution < -0.4 is 15.0 Å². The highest BCUT2D eigenvalue weighted by Gasteiger charge is 2.23. The smallest absolute Gasteiger partial charge is 0.255 e. The zero-order valence-electron chi connectivity index (χ0n) is 16.5. The van der Waals surface area contributed by atoms with Crippen LogP contribution in [-0.2, 0) is 14.8 Å². The highest BCUT2D eigenvalue weighted by atomic mass is 32.2. The predicted molar refractivity (Wildman–Crippen MR) is 110 cm³/mol. The largest absolute Gasteiger partial charge is 0.495 e. The fraction of sp³-hybridized carbons (Fsp3) is 0.300. The Morgan fingerprint density at radius 1 is 1.17 bits per heavy atom. The van der Waals surface area contributed by atoms with Gasteiger partial charge in [0.1, 0.15) is 5.75 Å². The van der Waals surface area contributed by atoms with Gasteiger partial charge in [-0.15, -0.1) is 0 Å². The van der Waals surface area contributed by atoms with Gasteiger partial charge in [-0.3, -0.25) is 9.59 Å². The van der Waals surface area contributed by atoms with Crippen LogP contribution in [0.15, 0.2) is 47.4 Å². The normalized spacial score (nSPS) is 14.3. The number of ether oxygens (including phenoxy) is 1. The number of rotatable bonds is 6. The average Bonchev–Trinajstić information content (AvgIpc) is 3.13. The zero-order chi connectivity index (χ0) is 21.2. The summed E-state index contributed by atoms with van der Waals surface area (Å²) in [6.07, 6.45) is 1.29. The maximum Gasteiger partial charge on any atom is 0.255 e. The molecule has 0 saturated carbocycles. The van der Waals surface area contributed by atoms with Crippen molar-refractivity contribution in [1.29, 1.82) is 0 Å². The summed E-state index contributed by atoms with van der Waals surface area (Å²) < 4.78 is 31.1. The summed E-state index contributed by atoms with van der Waals surface area (Å²) in [6.45, 7) is 0.627.